The third-order valence-electron chi connectivity index (χ3n) is 3.17. The third kappa shape index (κ3) is 3.29. The Labute approximate surface area is 146 Å². The molecule has 0 amide bonds. The smallest absolute Gasteiger partial charge is 0.363 e. The number of halogens is 2. The number of benzene rings is 2. The second-order valence-electron chi connectivity index (χ2n) is 4.81. The molecule has 1 aliphatic heterocycles. The number of ether oxygens (including phenoxy) is 1. The number of non-ortho nitro benzene ring substituents is 1. The van der Waals surface area contributed by atoms with Crippen LogP contribution in [0.5, 0.6) is 0 Å². The normalized spacial score (nSPS) is 15.3. The first-order valence-corrected chi connectivity index (χ1v) is 7.42. The molecule has 0 aromatic heterocycles. The highest BCUT2D eigenvalue weighted by Crippen LogP contribution is 2.27. The van der Waals surface area contributed by atoms with Crippen LogP contribution in [-0.2, 0) is 9.53 Å². The van der Waals surface area contributed by atoms with Crippen molar-refractivity contribution in [1.82, 2.24) is 0 Å². The quantitative estimate of drug-likeness (QED) is 0.353. The van der Waals surface area contributed by atoms with Gasteiger partial charge in [0.25, 0.3) is 5.69 Å². The van der Waals surface area contributed by atoms with E-state index in [-0.39, 0.29) is 22.3 Å². The van der Waals surface area contributed by atoms with Crippen LogP contribution >= 0.6 is 23.2 Å². The molecule has 1 aliphatic rings. The maximum atomic E-state index is 11.9. The van der Waals surface area contributed by atoms with Crippen molar-refractivity contribution in [1.29, 1.82) is 0 Å². The number of nitro groups is 1. The molecule has 6 nitrogen and oxygen atoms in total. The van der Waals surface area contributed by atoms with E-state index in [0.717, 1.165) is 0 Å². The minimum absolute atomic E-state index is 0.00632. The number of nitro benzene ring substituents is 1. The summed E-state index contributed by atoms with van der Waals surface area (Å²) in [6.45, 7) is 0. The molecule has 0 aliphatic carbocycles. The standard InChI is InChI=1S/C16H8Cl2N2O4/c17-10-3-1-2-9(6-10)7-14-16(21)24-15(19-14)12-5-4-11(20(22)23)8-13(12)18/h1-8H. The molecule has 0 unspecified atom stereocenters. The van der Waals surface area contributed by atoms with Crippen LogP contribution in [-0.4, -0.2) is 16.8 Å². The molecule has 0 atom stereocenters. The van der Waals surface area contributed by atoms with Crippen molar-refractivity contribution in [3.8, 4) is 0 Å². The maximum absolute atomic E-state index is 11.9. The number of carbonyl (C=O) groups is 1. The summed E-state index contributed by atoms with van der Waals surface area (Å²) in [6.07, 6.45) is 1.53. The van der Waals surface area contributed by atoms with Crippen LogP contribution in [0.2, 0.25) is 10.0 Å². The van der Waals surface area contributed by atoms with Crippen molar-refractivity contribution in [3.05, 3.63) is 79.4 Å². The topological polar surface area (TPSA) is 81.8 Å². The average molecular weight is 363 g/mol. The van der Waals surface area contributed by atoms with Crippen LogP contribution in [0.3, 0.4) is 0 Å². The van der Waals surface area contributed by atoms with Gasteiger partial charge in [0.05, 0.1) is 15.5 Å². The second kappa shape index (κ2) is 6.43. The highest BCUT2D eigenvalue weighted by atomic mass is 35.5. The van der Waals surface area contributed by atoms with Gasteiger partial charge in [-0.2, -0.15) is 0 Å². The Morgan fingerprint density at radius 2 is 1.96 bits per heavy atom. The molecule has 120 valence electrons. The van der Waals surface area contributed by atoms with Crippen molar-refractivity contribution in [3.63, 3.8) is 0 Å². The second-order valence-corrected chi connectivity index (χ2v) is 5.66. The first-order valence-electron chi connectivity index (χ1n) is 6.66. The summed E-state index contributed by atoms with van der Waals surface area (Å²) in [6, 6.07) is 10.7. The molecule has 0 saturated carbocycles. The molecule has 0 bridgehead atoms. The van der Waals surface area contributed by atoms with Crippen LogP contribution in [0, 0.1) is 10.1 Å². The first-order chi connectivity index (χ1) is 11.4. The Kier molecular flexibility index (Phi) is 4.33. The van der Waals surface area contributed by atoms with Crippen LogP contribution < -0.4 is 0 Å². The number of aliphatic imine (C=N–C) groups is 1. The Morgan fingerprint density at radius 1 is 1.17 bits per heavy atom. The van der Waals surface area contributed by atoms with E-state index in [1.807, 2.05) is 0 Å². The lowest BCUT2D eigenvalue weighted by Gasteiger charge is -2.02. The number of cyclic esters (lactones) is 1. The van der Waals surface area contributed by atoms with Crippen LogP contribution in [0.1, 0.15) is 11.1 Å². The molecule has 0 fully saturated rings. The van der Waals surface area contributed by atoms with Crippen molar-refractivity contribution < 1.29 is 14.5 Å². The number of rotatable bonds is 3. The van der Waals surface area contributed by atoms with Crippen molar-refractivity contribution >= 4 is 46.8 Å². The fourth-order valence-corrected chi connectivity index (χ4v) is 2.52. The summed E-state index contributed by atoms with van der Waals surface area (Å²) in [5, 5.41) is 11.3. The molecule has 1 heterocycles. The van der Waals surface area contributed by atoms with Crippen molar-refractivity contribution in [2.75, 3.05) is 0 Å². The predicted octanol–water partition coefficient (Wildman–Crippen LogP) is 4.25. The van der Waals surface area contributed by atoms with E-state index in [4.69, 9.17) is 27.9 Å². The number of esters is 1. The highest BCUT2D eigenvalue weighted by molar-refractivity contribution is 6.34. The van der Waals surface area contributed by atoms with Crippen LogP contribution in [0.25, 0.3) is 6.08 Å². The Hall–Kier alpha value is -2.70. The lowest BCUT2D eigenvalue weighted by molar-refractivity contribution is -0.384. The lowest BCUT2D eigenvalue weighted by Crippen LogP contribution is -2.06. The molecule has 8 heteroatoms. The molecular formula is C16H8Cl2N2O4. The molecular weight excluding hydrogens is 355 g/mol. The monoisotopic (exact) mass is 362 g/mol. The van der Waals surface area contributed by atoms with E-state index in [0.29, 0.717) is 16.1 Å². The van der Waals surface area contributed by atoms with Gasteiger partial charge in [0.15, 0.2) is 5.70 Å². The minimum Gasteiger partial charge on any atom is -0.402 e. The Balaban J connectivity index is 1.96. The zero-order valence-electron chi connectivity index (χ0n) is 11.9. The van der Waals surface area contributed by atoms with Crippen molar-refractivity contribution in [2.45, 2.75) is 0 Å². The summed E-state index contributed by atoms with van der Waals surface area (Å²) in [7, 11) is 0. The SMILES string of the molecule is O=C1OC(c2ccc([N+](=O)[O-])cc2Cl)=NC1=Cc1cccc(Cl)c1. The van der Waals surface area contributed by atoms with Gasteiger partial charge in [-0.25, -0.2) is 9.79 Å². The van der Waals surface area contributed by atoms with E-state index in [1.54, 1.807) is 24.3 Å². The molecule has 2 aromatic rings. The van der Waals surface area contributed by atoms with Gasteiger partial charge in [-0.3, -0.25) is 10.1 Å². The fraction of sp³-hybridized carbons (Fsp3) is 0. The molecule has 3 rings (SSSR count). The molecule has 0 spiro atoms. The van der Waals surface area contributed by atoms with Crippen molar-refractivity contribution in [2.24, 2.45) is 4.99 Å². The lowest BCUT2D eigenvalue weighted by atomic mass is 10.2. The van der Waals surface area contributed by atoms with Gasteiger partial charge < -0.3 is 4.74 Å². The predicted molar refractivity (Wildman–Crippen MR) is 90.2 cm³/mol. The van der Waals surface area contributed by atoms with Crippen LogP contribution in [0.4, 0.5) is 5.69 Å². The Morgan fingerprint density at radius 3 is 2.62 bits per heavy atom. The van der Waals surface area contributed by atoms with E-state index >= 15 is 0 Å². The van der Waals surface area contributed by atoms with Gasteiger partial charge >= 0.3 is 5.97 Å². The van der Waals surface area contributed by atoms with Crippen LogP contribution in [0.15, 0.2) is 53.2 Å². The summed E-state index contributed by atoms with van der Waals surface area (Å²) in [5.74, 6) is -0.646. The molecule has 0 saturated heterocycles. The summed E-state index contributed by atoms with van der Waals surface area (Å²) in [5.41, 5.74) is 0.907. The van der Waals surface area contributed by atoms with E-state index in [9.17, 15) is 14.9 Å². The van der Waals surface area contributed by atoms with E-state index < -0.39 is 10.9 Å². The summed E-state index contributed by atoms with van der Waals surface area (Å²) < 4.78 is 5.10. The minimum atomic E-state index is -0.639. The number of carbonyl (C=O) groups excluding carboxylic acids is 1. The van der Waals surface area contributed by atoms with E-state index in [1.165, 1.54) is 24.3 Å². The van der Waals surface area contributed by atoms with E-state index in [2.05, 4.69) is 4.99 Å². The largest absolute Gasteiger partial charge is 0.402 e. The molecule has 2 aromatic carbocycles. The van der Waals surface area contributed by atoms with Gasteiger partial charge in [0, 0.05) is 17.2 Å². The molecule has 0 radical (unpaired) electrons. The number of hydrogen-bond acceptors (Lipinski definition) is 5. The Bertz CT molecular complexity index is 922. The summed E-state index contributed by atoms with van der Waals surface area (Å²) in [4.78, 5) is 26.2. The first kappa shape index (κ1) is 16.2. The van der Waals surface area contributed by atoms with Gasteiger partial charge in [0.2, 0.25) is 5.90 Å². The van der Waals surface area contributed by atoms with Gasteiger partial charge in [-0.05, 0) is 29.8 Å². The van der Waals surface area contributed by atoms with Gasteiger partial charge in [0.1, 0.15) is 0 Å². The molecule has 24 heavy (non-hydrogen) atoms. The summed E-state index contributed by atoms with van der Waals surface area (Å²) >= 11 is 11.9. The number of nitrogens with zero attached hydrogens (tertiary/aromatic N) is 2. The van der Waals surface area contributed by atoms with Gasteiger partial charge in [-0.1, -0.05) is 35.3 Å². The zero-order chi connectivity index (χ0) is 17.3. The third-order valence-corrected chi connectivity index (χ3v) is 3.71. The number of hydrogen-bond donors (Lipinski definition) is 0. The van der Waals surface area contributed by atoms with Gasteiger partial charge in [-0.15, -0.1) is 0 Å². The fourth-order valence-electron chi connectivity index (χ4n) is 2.07. The average Bonchev–Trinajstić information content (AvgIpc) is 2.87. The zero-order valence-corrected chi connectivity index (χ0v) is 13.4. The molecule has 0 N–H and O–H groups in total. The maximum Gasteiger partial charge on any atom is 0.363 e. The highest BCUT2D eigenvalue weighted by Gasteiger charge is 2.26.